The average Bonchev–Trinajstić information content (AvgIpc) is 2.70. The molecule has 1 fully saturated rings. The molecule has 27 heavy (non-hydrogen) atoms. The molecule has 7 heteroatoms. The van der Waals surface area contributed by atoms with Crippen molar-refractivity contribution in [3.63, 3.8) is 0 Å². The minimum atomic E-state index is -0.397. The molecule has 1 aromatic heterocycles. The van der Waals surface area contributed by atoms with Crippen molar-refractivity contribution in [3.05, 3.63) is 60.2 Å². The first-order chi connectivity index (χ1) is 13.1. The number of hydrogen-bond acceptors (Lipinski definition) is 5. The molecule has 1 saturated heterocycles. The Hall–Kier alpha value is -2.51. The van der Waals surface area contributed by atoms with E-state index in [-0.39, 0.29) is 24.3 Å². The van der Waals surface area contributed by atoms with Gasteiger partial charge in [0, 0.05) is 45.1 Å². The SMILES string of the molecule is CN(CCOc1ccccc1F)C(=O)CN1CCNCC1c1cccnc1. The van der Waals surface area contributed by atoms with Crippen molar-refractivity contribution in [2.24, 2.45) is 0 Å². The van der Waals surface area contributed by atoms with Crippen LogP contribution >= 0.6 is 0 Å². The van der Waals surface area contributed by atoms with Gasteiger partial charge >= 0.3 is 0 Å². The molecule has 0 saturated carbocycles. The van der Waals surface area contributed by atoms with Crippen LogP contribution in [0, 0.1) is 5.82 Å². The Labute approximate surface area is 158 Å². The molecular weight excluding hydrogens is 347 g/mol. The molecule has 1 aliphatic rings. The Kier molecular flexibility index (Phi) is 6.73. The lowest BCUT2D eigenvalue weighted by molar-refractivity contribution is -0.132. The van der Waals surface area contributed by atoms with Crippen molar-refractivity contribution < 1.29 is 13.9 Å². The third-order valence-corrected chi connectivity index (χ3v) is 4.71. The van der Waals surface area contributed by atoms with E-state index < -0.39 is 5.82 Å². The van der Waals surface area contributed by atoms with Crippen molar-refractivity contribution in [1.29, 1.82) is 0 Å². The minimum Gasteiger partial charge on any atom is -0.489 e. The summed E-state index contributed by atoms with van der Waals surface area (Å²) in [5.41, 5.74) is 1.10. The standard InChI is InChI=1S/C20H25FN4O2/c1-24(11-12-27-19-7-3-2-6-17(19)21)20(26)15-25-10-9-23-14-18(25)16-5-4-8-22-13-16/h2-8,13,18,23H,9-12,14-15H2,1H3. The largest absolute Gasteiger partial charge is 0.489 e. The van der Waals surface area contributed by atoms with Crippen LogP contribution in [-0.4, -0.2) is 67.1 Å². The van der Waals surface area contributed by atoms with Crippen LogP contribution in [0.1, 0.15) is 11.6 Å². The van der Waals surface area contributed by atoms with Gasteiger partial charge in [-0.1, -0.05) is 18.2 Å². The number of nitrogens with zero attached hydrogens (tertiary/aromatic N) is 3. The molecule has 1 amide bonds. The number of para-hydroxylation sites is 1. The summed E-state index contributed by atoms with van der Waals surface area (Å²) >= 11 is 0. The van der Waals surface area contributed by atoms with Crippen LogP contribution in [0.3, 0.4) is 0 Å². The van der Waals surface area contributed by atoms with Gasteiger partial charge in [0.2, 0.25) is 5.91 Å². The van der Waals surface area contributed by atoms with Gasteiger partial charge in [0.1, 0.15) is 6.61 Å². The normalized spacial score (nSPS) is 17.5. The van der Waals surface area contributed by atoms with E-state index in [9.17, 15) is 9.18 Å². The van der Waals surface area contributed by atoms with Crippen LogP contribution in [0.15, 0.2) is 48.8 Å². The number of hydrogen-bond donors (Lipinski definition) is 1. The molecule has 0 spiro atoms. The lowest BCUT2D eigenvalue weighted by Gasteiger charge is -2.36. The van der Waals surface area contributed by atoms with Crippen molar-refractivity contribution in [2.75, 3.05) is 46.4 Å². The summed E-state index contributed by atoms with van der Waals surface area (Å²) in [6.45, 7) is 3.42. The van der Waals surface area contributed by atoms with Crippen LogP contribution in [-0.2, 0) is 4.79 Å². The summed E-state index contributed by atoms with van der Waals surface area (Å²) in [4.78, 5) is 20.6. The molecule has 0 aliphatic carbocycles. The number of rotatable bonds is 7. The molecule has 1 unspecified atom stereocenters. The maximum atomic E-state index is 13.6. The van der Waals surface area contributed by atoms with Crippen LogP contribution in [0.5, 0.6) is 5.75 Å². The number of benzene rings is 1. The maximum Gasteiger partial charge on any atom is 0.236 e. The second-order valence-electron chi connectivity index (χ2n) is 6.57. The molecule has 6 nitrogen and oxygen atoms in total. The molecule has 3 rings (SSSR count). The van der Waals surface area contributed by atoms with Gasteiger partial charge in [0.15, 0.2) is 11.6 Å². The molecule has 1 N–H and O–H groups in total. The summed E-state index contributed by atoms with van der Waals surface area (Å²) < 4.78 is 19.0. The Morgan fingerprint density at radius 2 is 2.22 bits per heavy atom. The van der Waals surface area contributed by atoms with Crippen LogP contribution < -0.4 is 10.1 Å². The number of halogens is 1. The highest BCUT2D eigenvalue weighted by Crippen LogP contribution is 2.21. The third-order valence-electron chi connectivity index (χ3n) is 4.71. The number of likely N-dealkylation sites (N-methyl/N-ethyl adjacent to an activating group) is 1. The van der Waals surface area contributed by atoms with Gasteiger partial charge in [0.05, 0.1) is 13.1 Å². The van der Waals surface area contributed by atoms with Gasteiger partial charge in [-0.2, -0.15) is 0 Å². The van der Waals surface area contributed by atoms with Crippen molar-refractivity contribution in [3.8, 4) is 5.75 Å². The fourth-order valence-corrected chi connectivity index (χ4v) is 3.11. The van der Waals surface area contributed by atoms with Gasteiger partial charge in [-0.05, 0) is 23.8 Å². The van der Waals surface area contributed by atoms with Gasteiger partial charge in [-0.25, -0.2) is 4.39 Å². The van der Waals surface area contributed by atoms with Crippen molar-refractivity contribution in [2.45, 2.75) is 6.04 Å². The van der Waals surface area contributed by atoms with Gasteiger partial charge in [-0.15, -0.1) is 0 Å². The molecule has 0 bridgehead atoms. The molecule has 1 aliphatic heterocycles. The van der Waals surface area contributed by atoms with Crippen LogP contribution in [0.25, 0.3) is 0 Å². The molecule has 1 atom stereocenters. The first kappa shape index (κ1) is 19.3. The van der Waals surface area contributed by atoms with E-state index in [0.29, 0.717) is 13.1 Å². The second-order valence-corrected chi connectivity index (χ2v) is 6.57. The van der Waals surface area contributed by atoms with E-state index >= 15 is 0 Å². The summed E-state index contributed by atoms with van der Waals surface area (Å²) in [5, 5.41) is 3.37. The van der Waals surface area contributed by atoms with Gasteiger partial charge in [0.25, 0.3) is 0 Å². The first-order valence-electron chi connectivity index (χ1n) is 9.11. The third kappa shape index (κ3) is 5.24. The molecule has 144 valence electrons. The number of carbonyl (C=O) groups excluding carboxylic acids is 1. The Balaban J connectivity index is 1.51. The number of carbonyl (C=O) groups is 1. The predicted octanol–water partition coefficient (Wildman–Crippen LogP) is 1.70. The van der Waals surface area contributed by atoms with E-state index in [1.807, 2.05) is 18.3 Å². The molecule has 2 heterocycles. The average molecular weight is 372 g/mol. The molecule has 0 radical (unpaired) electrons. The first-order valence-corrected chi connectivity index (χ1v) is 9.11. The number of amides is 1. The number of ether oxygens (including phenoxy) is 1. The van der Waals surface area contributed by atoms with Gasteiger partial charge in [-0.3, -0.25) is 14.7 Å². The highest BCUT2D eigenvalue weighted by Gasteiger charge is 2.26. The molecule has 2 aromatic rings. The lowest BCUT2D eigenvalue weighted by atomic mass is 10.1. The van der Waals surface area contributed by atoms with E-state index in [4.69, 9.17) is 4.74 Å². The fourth-order valence-electron chi connectivity index (χ4n) is 3.11. The summed E-state index contributed by atoms with van der Waals surface area (Å²) in [5.74, 6) is -0.174. The summed E-state index contributed by atoms with van der Waals surface area (Å²) in [7, 11) is 1.74. The molecule has 1 aromatic carbocycles. The smallest absolute Gasteiger partial charge is 0.236 e. The monoisotopic (exact) mass is 372 g/mol. The Morgan fingerprint density at radius 1 is 1.37 bits per heavy atom. The number of pyridine rings is 1. The minimum absolute atomic E-state index is 0.0166. The quantitative estimate of drug-likeness (QED) is 0.802. The highest BCUT2D eigenvalue weighted by atomic mass is 19.1. The van der Waals surface area contributed by atoms with Crippen molar-refractivity contribution in [1.82, 2.24) is 20.1 Å². The van der Waals surface area contributed by atoms with Crippen molar-refractivity contribution >= 4 is 5.91 Å². The number of piperazine rings is 1. The van der Waals surface area contributed by atoms with E-state index in [1.165, 1.54) is 6.07 Å². The van der Waals surface area contributed by atoms with Crippen LogP contribution in [0.2, 0.25) is 0 Å². The number of nitrogens with one attached hydrogen (secondary N) is 1. The lowest BCUT2D eigenvalue weighted by Crippen LogP contribution is -2.50. The summed E-state index contributed by atoms with van der Waals surface area (Å²) in [6.07, 6.45) is 3.60. The predicted molar refractivity (Wildman–Crippen MR) is 101 cm³/mol. The van der Waals surface area contributed by atoms with E-state index in [0.717, 1.165) is 25.2 Å². The zero-order valence-electron chi connectivity index (χ0n) is 15.5. The second kappa shape index (κ2) is 9.43. The summed E-state index contributed by atoms with van der Waals surface area (Å²) in [6, 6.07) is 10.3. The topological polar surface area (TPSA) is 57.7 Å². The van der Waals surface area contributed by atoms with Gasteiger partial charge < -0.3 is 15.0 Å². The number of aromatic nitrogens is 1. The zero-order chi connectivity index (χ0) is 19.1. The zero-order valence-corrected chi connectivity index (χ0v) is 15.5. The van der Waals surface area contributed by atoms with E-state index in [1.54, 1.807) is 36.3 Å². The maximum absolute atomic E-state index is 13.6. The Bertz CT molecular complexity index is 744. The van der Waals surface area contributed by atoms with Crippen LogP contribution in [0.4, 0.5) is 4.39 Å². The fraction of sp³-hybridized carbons (Fsp3) is 0.400. The molecular formula is C20H25FN4O2. The Morgan fingerprint density at radius 3 is 3.00 bits per heavy atom. The highest BCUT2D eigenvalue weighted by molar-refractivity contribution is 5.78. The van der Waals surface area contributed by atoms with E-state index in [2.05, 4.69) is 15.2 Å².